The number of rotatable bonds is 0. The summed E-state index contributed by atoms with van der Waals surface area (Å²) in [5.41, 5.74) is 0. The van der Waals surface area contributed by atoms with Crippen LogP contribution in [0.25, 0.3) is 0 Å². The Bertz CT molecular complexity index is 56.7. The summed E-state index contributed by atoms with van der Waals surface area (Å²) in [6.45, 7) is 0.480. The molecule has 0 bridgehead atoms. The highest BCUT2D eigenvalue weighted by molar-refractivity contribution is 8.21. The molecule has 24 valence electrons. The largest absolute Gasteiger partial charge is 0.103 e. The summed E-state index contributed by atoms with van der Waals surface area (Å²) in [7, 11) is 5.70. The zero-order valence-electron chi connectivity index (χ0n) is 3.06. The van der Waals surface area contributed by atoms with E-state index in [9.17, 15) is 0 Å². The van der Waals surface area contributed by atoms with Crippen LogP contribution in [-0.4, -0.2) is 6.64 Å². The molecule has 0 aliphatic heterocycles. The lowest BCUT2D eigenvalue weighted by atomic mass is 12.0. The molecule has 0 heterocycles. The van der Waals surface area contributed by atoms with Gasteiger partial charge in [-0.2, -0.15) is 0 Å². The van der Waals surface area contributed by atoms with Gasteiger partial charge in [-0.25, -0.2) is 0 Å². The average molecular weight is 112 g/mol. The fourth-order valence-electron chi connectivity index (χ4n) is 0. The fourth-order valence-corrected chi connectivity index (χ4v) is 0. The molecule has 0 nitrogen and oxygen atoms in total. The van der Waals surface area contributed by atoms with E-state index in [0.717, 1.165) is 7.36 Å². The summed E-state index contributed by atoms with van der Waals surface area (Å²) in [6, 6.07) is 0. The van der Waals surface area contributed by atoms with Crippen molar-refractivity contribution in [3.8, 4) is 0 Å². The Hall–Kier alpha value is 0.820. The lowest BCUT2D eigenvalue weighted by molar-refractivity contribution is 2.52. The molecule has 0 unspecified atom stereocenters. The average Bonchev–Trinajstić information content (AvgIpc) is 1.41. The molecule has 0 saturated carbocycles. The summed E-state index contributed by atoms with van der Waals surface area (Å²) >= 11 is 0. The maximum absolute atomic E-state index is 6.54. The van der Waals surface area contributed by atoms with Crippen LogP contribution in [0.2, 0.25) is 0 Å². The molecule has 0 atom stereocenters. The van der Waals surface area contributed by atoms with Crippen LogP contribution in [0.15, 0.2) is 0 Å². The molecule has 0 aromatic rings. The summed E-state index contributed by atoms with van der Waals surface area (Å²) < 4.78 is 6.54. The van der Waals surface area contributed by atoms with Crippen LogP contribution in [0.1, 0.15) is 1.37 Å². The van der Waals surface area contributed by atoms with Gasteiger partial charge in [-0.05, 0) is 14.0 Å². The fraction of sp³-hybridized carbons (Fsp3) is 1.00. The third-order valence-electron chi connectivity index (χ3n) is 0.0645. The van der Waals surface area contributed by atoms with E-state index < -0.39 is 0 Å². The van der Waals surface area contributed by atoms with E-state index in [1.54, 1.807) is 0 Å². The molecular formula is CH4P2S. The molecule has 0 amide bonds. The summed E-state index contributed by atoms with van der Waals surface area (Å²) in [6.07, 6.45) is 0. The molecule has 3 heteroatoms. The number of hydrogen-bond donors (Lipinski definition) is 0. The smallest absolute Gasteiger partial charge is 0.0332 e. The Labute approximate surface area is 34.3 Å². The lowest BCUT2D eigenvalue weighted by Crippen LogP contribution is -1.02. The monoisotopic (exact) mass is 112 g/mol. The minimum absolute atomic E-state index is 0.480. The van der Waals surface area contributed by atoms with Gasteiger partial charge in [0.15, 0.2) is 0 Å². The van der Waals surface area contributed by atoms with Gasteiger partial charge in [0.05, 0.1) is 0 Å². The van der Waals surface area contributed by atoms with Crippen LogP contribution in [0, 0.1) is 0 Å². The van der Waals surface area contributed by atoms with E-state index in [1.807, 2.05) is 0 Å². The first-order chi connectivity index (χ1) is 2.41. The second-order valence-corrected chi connectivity index (χ2v) is 3.63. The van der Waals surface area contributed by atoms with Gasteiger partial charge in [-0.1, -0.05) is 8.02 Å². The van der Waals surface area contributed by atoms with Crippen LogP contribution in [0.4, 0.5) is 0 Å². The molecule has 0 aromatic heterocycles. The molecule has 0 rings (SSSR count). The van der Waals surface area contributed by atoms with Crippen LogP contribution in [-0.2, 0) is 10.1 Å². The van der Waals surface area contributed by atoms with Gasteiger partial charge in [0.1, 0.15) is 0 Å². The van der Waals surface area contributed by atoms with Crippen LogP contribution in [0.3, 0.4) is 0 Å². The van der Waals surface area contributed by atoms with Crippen molar-refractivity contribution in [3.05, 3.63) is 0 Å². The van der Waals surface area contributed by atoms with E-state index in [0.29, 0.717) is 6.64 Å². The van der Waals surface area contributed by atoms with Crippen LogP contribution >= 0.6 is 15.4 Å². The lowest BCUT2D eigenvalue weighted by Gasteiger charge is -1.36. The Kier molecular flexibility index (Phi) is 2.89. The topological polar surface area (TPSA) is 0 Å². The standard InChI is InChI=1S/CH4P2S/c1-3-4-2/h2H,1H3/i1T. The predicted octanol–water partition coefficient (Wildman–Crippen LogP) is 1.62. The van der Waals surface area contributed by atoms with Crippen molar-refractivity contribution in [2.45, 2.75) is 0 Å². The van der Waals surface area contributed by atoms with Crippen LogP contribution in [0.5, 0.6) is 0 Å². The molecule has 0 aromatic carbocycles. The predicted molar refractivity (Wildman–Crippen MR) is 28.5 cm³/mol. The van der Waals surface area contributed by atoms with Crippen molar-refractivity contribution in [2.24, 2.45) is 0 Å². The van der Waals surface area contributed by atoms with E-state index in [2.05, 4.69) is 8.02 Å². The molecule has 0 saturated heterocycles. The first-order valence-electron chi connectivity index (χ1n) is 1.41. The second-order valence-electron chi connectivity index (χ2n) is 0.220. The summed E-state index contributed by atoms with van der Waals surface area (Å²) in [5.74, 6) is 0. The van der Waals surface area contributed by atoms with E-state index >= 15 is 0 Å². The second kappa shape index (κ2) is 3.82. The Morgan fingerprint density at radius 1 is 2.50 bits per heavy atom. The maximum Gasteiger partial charge on any atom is 0.0332 e. The van der Waals surface area contributed by atoms with E-state index in [-0.39, 0.29) is 0 Å². The van der Waals surface area contributed by atoms with Crippen molar-refractivity contribution in [3.63, 3.8) is 0 Å². The molecule has 0 N–H and O–H groups in total. The quantitative estimate of drug-likeness (QED) is 0.417. The van der Waals surface area contributed by atoms with Crippen molar-refractivity contribution in [1.82, 2.24) is 0 Å². The summed E-state index contributed by atoms with van der Waals surface area (Å²) in [5, 5.41) is 0. The normalized spacial score (nSPS) is 10.5. The van der Waals surface area contributed by atoms with Crippen molar-refractivity contribution in [1.29, 1.82) is 0 Å². The van der Waals surface area contributed by atoms with Crippen molar-refractivity contribution in [2.75, 3.05) is 6.64 Å². The van der Waals surface area contributed by atoms with Gasteiger partial charge in [0.2, 0.25) is 0 Å². The molecule has 4 heavy (non-hydrogen) atoms. The molecule has 0 aliphatic rings. The SMILES string of the molecule is [3H]CP=S=P. The van der Waals surface area contributed by atoms with Crippen molar-refractivity contribution >= 4 is 25.5 Å². The van der Waals surface area contributed by atoms with Gasteiger partial charge < -0.3 is 0 Å². The maximum atomic E-state index is 6.54. The van der Waals surface area contributed by atoms with Crippen LogP contribution < -0.4 is 0 Å². The van der Waals surface area contributed by atoms with Gasteiger partial charge in [0, 0.05) is 1.37 Å². The zero-order valence-corrected chi connectivity index (χ0v) is 4.77. The van der Waals surface area contributed by atoms with E-state index in [4.69, 9.17) is 1.37 Å². The van der Waals surface area contributed by atoms with Gasteiger partial charge in [-0.15, -0.1) is 10.1 Å². The highest BCUT2D eigenvalue weighted by Gasteiger charge is 1.26. The highest BCUT2D eigenvalue weighted by atomic mass is 32.7. The zero-order chi connectivity index (χ0) is 4.12. The first kappa shape index (κ1) is 3.03. The minimum atomic E-state index is 0.480. The highest BCUT2D eigenvalue weighted by Crippen LogP contribution is 1.77. The first-order valence-corrected chi connectivity index (χ1v) is 4.43. The van der Waals surface area contributed by atoms with Gasteiger partial charge >= 0.3 is 0 Å². The molecule has 0 fully saturated rings. The van der Waals surface area contributed by atoms with Gasteiger partial charge in [-0.3, -0.25) is 0 Å². The Morgan fingerprint density at radius 3 is 3.25 bits per heavy atom. The third kappa shape index (κ3) is 2.82. The summed E-state index contributed by atoms with van der Waals surface area (Å²) in [4.78, 5) is 0. The molecular weight excluding hydrogens is 106 g/mol. The molecule has 0 radical (unpaired) electrons. The molecule has 0 spiro atoms. The Balaban J connectivity index is 2.93. The molecule has 0 aliphatic carbocycles. The van der Waals surface area contributed by atoms with Crippen molar-refractivity contribution < 1.29 is 1.37 Å². The number of hydrogen-bond acceptors (Lipinski definition) is 0. The van der Waals surface area contributed by atoms with Gasteiger partial charge in [0.25, 0.3) is 0 Å². The minimum Gasteiger partial charge on any atom is -0.103 e. The van der Waals surface area contributed by atoms with E-state index in [1.165, 1.54) is 10.1 Å². The third-order valence-corrected chi connectivity index (χ3v) is 1.74. The Morgan fingerprint density at radius 2 is 3.25 bits per heavy atom.